The van der Waals surface area contributed by atoms with Gasteiger partial charge in [-0.1, -0.05) is 29.8 Å². The third-order valence-corrected chi connectivity index (χ3v) is 5.47. The van der Waals surface area contributed by atoms with Crippen LogP contribution < -0.4 is 10.4 Å². The second-order valence-corrected chi connectivity index (χ2v) is 8.61. The Balaban J connectivity index is 1.77. The highest BCUT2D eigenvalue weighted by atomic mass is 79.9. The van der Waals surface area contributed by atoms with Gasteiger partial charge in [0.05, 0.1) is 29.0 Å². The molecule has 3 aromatic rings. The van der Waals surface area contributed by atoms with Crippen molar-refractivity contribution in [2.75, 3.05) is 11.6 Å². The number of halogens is 1. The van der Waals surface area contributed by atoms with Crippen LogP contribution in [0, 0.1) is 12.8 Å². The normalized spacial score (nSPS) is 13.5. The van der Waals surface area contributed by atoms with Gasteiger partial charge in [-0.05, 0) is 54.3 Å². The van der Waals surface area contributed by atoms with E-state index in [1.54, 1.807) is 12.1 Å². The minimum atomic E-state index is -0.922. The van der Waals surface area contributed by atoms with Crippen molar-refractivity contribution in [1.82, 2.24) is 15.2 Å². The van der Waals surface area contributed by atoms with E-state index >= 15 is 0 Å². The van der Waals surface area contributed by atoms with E-state index in [0.29, 0.717) is 12.5 Å². The second kappa shape index (κ2) is 7.22. The molecule has 2 N–H and O–H groups in total. The molecule has 2 aromatic carbocycles. The molecule has 146 valence electrons. The molecule has 7 heteroatoms. The molecule has 1 aliphatic rings. The van der Waals surface area contributed by atoms with Crippen molar-refractivity contribution in [3.05, 3.63) is 57.2 Å². The maximum atomic E-state index is 11.3. The molecule has 28 heavy (non-hydrogen) atoms. The predicted octanol–water partition coefficient (Wildman–Crippen LogP) is 4.33. The Morgan fingerprint density at radius 3 is 2.82 bits per heavy atom. The molecule has 0 spiro atoms. The Kier molecular flexibility index (Phi) is 4.89. The lowest BCUT2D eigenvalue weighted by Crippen LogP contribution is -2.35. The number of fused-ring (bicyclic) bond motifs is 2. The number of rotatable bonds is 5. The fourth-order valence-corrected chi connectivity index (χ4v) is 4.41. The summed E-state index contributed by atoms with van der Waals surface area (Å²) in [6.07, 6.45) is 0. The summed E-state index contributed by atoms with van der Waals surface area (Å²) < 4.78 is 3.01. The van der Waals surface area contributed by atoms with Crippen LogP contribution in [-0.4, -0.2) is 27.4 Å². The summed E-state index contributed by atoms with van der Waals surface area (Å²) in [7, 11) is 0. The molecule has 4 rings (SSSR count). The number of hydrazine groups is 1. The third-order valence-electron chi connectivity index (χ3n) is 5.01. The van der Waals surface area contributed by atoms with E-state index in [1.165, 1.54) is 16.8 Å². The highest BCUT2D eigenvalue weighted by Crippen LogP contribution is 2.34. The molecule has 1 aliphatic heterocycles. The first kappa shape index (κ1) is 19.0. The van der Waals surface area contributed by atoms with Gasteiger partial charge < -0.3 is 10.1 Å². The molecule has 6 nitrogen and oxygen atoms in total. The third kappa shape index (κ3) is 3.40. The van der Waals surface area contributed by atoms with Crippen molar-refractivity contribution in [2.45, 2.75) is 33.9 Å². The summed E-state index contributed by atoms with van der Waals surface area (Å²) in [5, 5.41) is 17.1. The summed E-state index contributed by atoms with van der Waals surface area (Å²) >= 11 is 3.64. The smallest absolute Gasteiger partial charge is 0.335 e. The number of hydrogen-bond donors (Lipinski definition) is 2. The van der Waals surface area contributed by atoms with Gasteiger partial charge in [0.15, 0.2) is 0 Å². The first-order valence-electron chi connectivity index (χ1n) is 9.36. The Morgan fingerprint density at radius 1 is 1.32 bits per heavy atom. The number of benzene rings is 2. The van der Waals surface area contributed by atoms with Crippen LogP contribution in [0.15, 0.2) is 34.8 Å². The van der Waals surface area contributed by atoms with Crippen LogP contribution in [0.25, 0.3) is 10.9 Å². The minimum Gasteiger partial charge on any atom is -0.478 e. The average Bonchev–Trinajstić information content (AvgIpc) is 3.15. The molecule has 0 fully saturated rings. The SMILES string of the molecule is Cc1nn(Cc2cc(Br)cc3c2N(CC(C)C)NC3)c2ccc(C(=O)O)cc12. The van der Waals surface area contributed by atoms with Crippen LogP contribution in [0.4, 0.5) is 5.69 Å². The van der Waals surface area contributed by atoms with Gasteiger partial charge in [-0.2, -0.15) is 5.10 Å². The van der Waals surface area contributed by atoms with Crippen molar-refractivity contribution < 1.29 is 9.90 Å². The Morgan fingerprint density at radius 2 is 2.11 bits per heavy atom. The van der Waals surface area contributed by atoms with Crippen LogP contribution in [0.2, 0.25) is 0 Å². The molecular formula is C21H23BrN4O2. The number of carboxylic acid groups (broad SMARTS) is 1. The number of nitrogens with one attached hydrogen (secondary N) is 1. The fourth-order valence-electron chi connectivity index (χ4n) is 3.85. The number of carbonyl (C=O) groups is 1. The summed E-state index contributed by atoms with van der Waals surface area (Å²) in [6, 6.07) is 9.50. The van der Waals surface area contributed by atoms with Gasteiger partial charge in [0.25, 0.3) is 0 Å². The number of aromatic nitrogens is 2. The van der Waals surface area contributed by atoms with E-state index in [4.69, 9.17) is 5.10 Å². The van der Waals surface area contributed by atoms with Gasteiger partial charge >= 0.3 is 5.97 Å². The second-order valence-electron chi connectivity index (χ2n) is 7.69. The van der Waals surface area contributed by atoms with Crippen LogP contribution in [-0.2, 0) is 13.1 Å². The van der Waals surface area contributed by atoms with Gasteiger partial charge in [0.1, 0.15) is 0 Å². The highest BCUT2D eigenvalue weighted by Gasteiger charge is 2.24. The van der Waals surface area contributed by atoms with Crippen LogP contribution >= 0.6 is 15.9 Å². The lowest BCUT2D eigenvalue weighted by Gasteiger charge is -2.24. The van der Waals surface area contributed by atoms with Crippen LogP contribution in [0.3, 0.4) is 0 Å². The maximum absolute atomic E-state index is 11.3. The lowest BCUT2D eigenvalue weighted by atomic mass is 10.1. The number of carboxylic acids is 1. The monoisotopic (exact) mass is 442 g/mol. The van der Waals surface area contributed by atoms with Crippen molar-refractivity contribution in [3.8, 4) is 0 Å². The minimum absolute atomic E-state index is 0.283. The van der Waals surface area contributed by atoms with Crippen LogP contribution in [0.1, 0.15) is 41.0 Å². The summed E-state index contributed by atoms with van der Waals surface area (Å²) in [4.78, 5) is 11.3. The first-order valence-corrected chi connectivity index (χ1v) is 10.2. The summed E-state index contributed by atoms with van der Waals surface area (Å²) in [5.41, 5.74) is 9.22. The standard InChI is InChI=1S/C21H23BrN4O2/c1-12(2)10-26-20-15(9-23-26)6-17(22)7-16(20)11-25-19-5-4-14(21(27)28)8-18(19)13(3)24-25/h4-8,12,23H,9-11H2,1-3H3,(H,27,28). The number of hydrogen-bond acceptors (Lipinski definition) is 4. The molecule has 0 saturated carbocycles. The summed E-state index contributed by atoms with van der Waals surface area (Å²) in [6.45, 7) is 8.71. The maximum Gasteiger partial charge on any atom is 0.335 e. The Labute approximate surface area is 172 Å². The first-order chi connectivity index (χ1) is 13.3. The zero-order valence-corrected chi connectivity index (χ0v) is 17.7. The van der Waals surface area contributed by atoms with E-state index in [2.05, 4.69) is 52.3 Å². The van der Waals surface area contributed by atoms with Crippen molar-refractivity contribution >= 4 is 38.5 Å². The average molecular weight is 443 g/mol. The molecule has 1 aromatic heterocycles. The molecule has 2 heterocycles. The predicted molar refractivity (Wildman–Crippen MR) is 114 cm³/mol. The molecule has 0 radical (unpaired) electrons. The number of aryl methyl sites for hydroxylation is 1. The molecule has 0 amide bonds. The summed E-state index contributed by atoms with van der Waals surface area (Å²) in [5.74, 6) is -0.383. The quantitative estimate of drug-likeness (QED) is 0.614. The zero-order chi connectivity index (χ0) is 20.0. The molecular weight excluding hydrogens is 420 g/mol. The van der Waals surface area contributed by atoms with Gasteiger partial charge in [0.2, 0.25) is 0 Å². The van der Waals surface area contributed by atoms with Gasteiger partial charge in [-0.3, -0.25) is 4.68 Å². The molecule has 0 unspecified atom stereocenters. The van der Waals surface area contributed by atoms with E-state index in [1.807, 2.05) is 17.7 Å². The van der Waals surface area contributed by atoms with Crippen molar-refractivity contribution in [3.63, 3.8) is 0 Å². The zero-order valence-electron chi connectivity index (χ0n) is 16.2. The highest BCUT2D eigenvalue weighted by molar-refractivity contribution is 9.10. The Hall–Kier alpha value is -2.38. The molecule has 0 bridgehead atoms. The topological polar surface area (TPSA) is 70.4 Å². The van der Waals surface area contributed by atoms with Crippen molar-refractivity contribution in [1.29, 1.82) is 0 Å². The van der Waals surface area contributed by atoms with E-state index in [9.17, 15) is 9.90 Å². The number of nitrogens with zero attached hydrogens (tertiary/aromatic N) is 3. The van der Waals surface area contributed by atoms with Gasteiger partial charge in [-0.25, -0.2) is 10.2 Å². The van der Waals surface area contributed by atoms with Crippen LogP contribution in [0.5, 0.6) is 0 Å². The molecule has 0 atom stereocenters. The van der Waals surface area contributed by atoms with Gasteiger partial charge in [0, 0.05) is 22.9 Å². The number of anilines is 1. The lowest BCUT2D eigenvalue weighted by molar-refractivity contribution is 0.0697. The van der Waals surface area contributed by atoms with E-state index < -0.39 is 5.97 Å². The molecule has 0 saturated heterocycles. The fraction of sp³-hybridized carbons (Fsp3) is 0.333. The Bertz CT molecular complexity index is 1070. The largest absolute Gasteiger partial charge is 0.478 e. The van der Waals surface area contributed by atoms with Crippen molar-refractivity contribution in [2.24, 2.45) is 5.92 Å². The number of aromatic carboxylic acids is 1. The van der Waals surface area contributed by atoms with Gasteiger partial charge in [-0.15, -0.1) is 0 Å². The van der Waals surface area contributed by atoms with E-state index in [-0.39, 0.29) is 5.56 Å². The molecule has 0 aliphatic carbocycles. The van der Waals surface area contributed by atoms with E-state index in [0.717, 1.165) is 34.2 Å².